The highest BCUT2D eigenvalue weighted by atomic mass is 19.4. The van der Waals surface area contributed by atoms with Crippen LogP contribution in [0.15, 0.2) is 47.6 Å². The Morgan fingerprint density at radius 2 is 1.86 bits per heavy atom. The maximum absolute atomic E-state index is 12.8. The zero-order valence-corrected chi connectivity index (χ0v) is 10.9. The molecule has 0 saturated carbocycles. The summed E-state index contributed by atoms with van der Waals surface area (Å²) >= 11 is 0. The molecule has 4 N–H and O–H groups in total. The third-order valence-electron chi connectivity index (χ3n) is 3.13. The predicted molar refractivity (Wildman–Crippen MR) is 75.4 cm³/mol. The van der Waals surface area contributed by atoms with Crippen LogP contribution >= 0.6 is 0 Å². The molecule has 1 atom stereocenters. The van der Waals surface area contributed by atoms with E-state index >= 15 is 0 Å². The van der Waals surface area contributed by atoms with Crippen molar-refractivity contribution in [2.45, 2.75) is 6.18 Å². The molecule has 0 aromatic heterocycles. The number of oxime groups is 1. The fraction of sp³-hybridized carbons (Fsp3) is 0.214. The number of anilines is 1. The molecule has 0 aliphatic rings. The van der Waals surface area contributed by atoms with Gasteiger partial charge in [0.1, 0.15) is 5.92 Å². The van der Waals surface area contributed by atoms with Crippen molar-refractivity contribution in [2.75, 3.05) is 11.9 Å². The van der Waals surface area contributed by atoms with Gasteiger partial charge in [0.2, 0.25) is 0 Å². The maximum atomic E-state index is 12.8. The number of rotatable bonds is 4. The van der Waals surface area contributed by atoms with Crippen molar-refractivity contribution in [3.63, 3.8) is 0 Å². The van der Waals surface area contributed by atoms with Crippen LogP contribution in [-0.2, 0) is 0 Å². The van der Waals surface area contributed by atoms with Crippen LogP contribution in [-0.4, -0.2) is 23.8 Å². The van der Waals surface area contributed by atoms with Crippen molar-refractivity contribution in [1.82, 2.24) is 0 Å². The number of hydrogen-bond acceptors (Lipinski definition) is 3. The standard InChI is InChI=1S/C14H14F3N3O/c15-14(16,17)12(13(18)20-21)8-19-11-6-5-9-3-1-2-4-10(9)7-11/h1-7,12,19,21H,8H2,(H2,18,20). The van der Waals surface area contributed by atoms with Crippen LogP contribution in [0.1, 0.15) is 0 Å². The Balaban J connectivity index is 2.16. The summed E-state index contributed by atoms with van der Waals surface area (Å²) in [6.45, 7) is -0.502. The number of nitrogens with zero attached hydrogens (tertiary/aromatic N) is 1. The highest BCUT2D eigenvalue weighted by Gasteiger charge is 2.42. The number of hydrogen-bond donors (Lipinski definition) is 3. The van der Waals surface area contributed by atoms with E-state index in [4.69, 9.17) is 10.9 Å². The van der Waals surface area contributed by atoms with Gasteiger partial charge in [-0.15, -0.1) is 0 Å². The van der Waals surface area contributed by atoms with Gasteiger partial charge in [0.15, 0.2) is 5.84 Å². The second-order valence-electron chi connectivity index (χ2n) is 4.56. The summed E-state index contributed by atoms with van der Waals surface area (Å²) in [7, 11) is 0. The van der Waals surface area contributed by atoms with Gasteiger partial charge in [-0.25, -0.2) is 0 Å². The van der Waals surface area contributed by atoms with Crippen LogP contribution in [0.5, 0.6) is 0 Å². The lowest BCUT2D eigenvalue weighted by atomic mass is 10.1. The summed E-state index contributed by atoms with van der Waals surface area (Å²) in [6, 6.07) is 12.7. The number of nitrogens with two attached hydrogens (primary N) is 1. The first kappa shape index (κ1) is 15.0. The Bertz CT molecular complexity index is 655. The molecule has 4 nitrogen and oxygen atoms in total. The first-order valence-electron chi connectivity index (χ1n) is 6.18. The molecule has 2 aromatic rings. The van der Waals surface area contributed by atoms with E-state index in [0.717, 1.165) is 10.8 Å². The lowest BCUT2D eigenvalue weighted by Crippen LogP contribution is -2.40. The second kappa shape index (κ2) is 5.90. The van der Waals surface area contributed by atoms with Crippen molar-refractivity contribution in [3.8, 4) is 0 Å². The molecular weight excluding hydrogens is 283 g/mol. The van der Waals surface area contributed by atoms with Crippen molar-refractivity contribution in [1.29, 1.82) is 0 Å². The minimum atomic E-state index is -4.58. The summed E-state index contributed by atoms with van der Waals surface area (Å²) in [5.41, 5.74) is 5.63. The quantitative estimate of drug-likeness (QED) is 0.351. The van der Waals surface area contributed by atoms with E-state index in [1.54, 1.807) is 12.1 Å². The van der Waals surface area contributed by atoms with E-state index in [9.17, 15) is 13.2 Å². The molecule has 0 amide bonds. The average Bonchev–Trinajstić information content (AvgIpc) is 2.45. The molecule has 7 heteroatoms. The van der Waals surface area contributed by atoms with Gasteiger partial charge in [0.05, 0.1) is 0 Å². The normalized spacial score (nSPS) is 14.1. The Labute approximate surface area is 119 Å². The predicted octanol–water partition coefficient (Wildman–Crippen LogP) is 3.18. The number of nitrogens with one attached hydrogen (secondary N) is 1. The fourth-order valence-electron chi connectivity index (χ4n) is 1.98. The summed E-state index contributed by atoms with van der Waals surface area (Å²) in [6.07, 6.45) is -4.58. The maximum Gasteiger partial charge on any atom is 0.400 e. The Morgan fingerprint density at radius 1 is 1.19 bits per heavy atom. The third-order valence-corrected chi connectivity index (χ3v) is 3.13. The average molecular weight is 297 g/mol. The topological polar surface area (TPSA) is 70.6 Å². The molecule has 0 fully saturated rings. The van der Waals surface area contributed by atoms with E-state index in [-0.39, 0.29) is 0 Å². The third kappa shape index (κ3) is 3.56. The van der Waals surface area contributed by atoms with Crippen LogP contribution < -0.4 is 11.1 Å². The highest BCUT2D eigenvalue weighted by Crippen LogP contribution is 2.27. The lowest BCUT2D eigenvalue weighted by Gasteiger charge is -2.20. The van der Waals surface area contributed by atoms with Crippen LogP contribution in [0.2, 0.25) is 0 Å². The van der Waals surface area contributed by atoms with Crippen LogP contribution in [0, 0.1) is 5.92 Å². The first-order valence-corrected chi connectivity index (χ1v) is 6.18. The van der Waals surface area contributed by atoms with E-state index in [0.29, 0.717) is 5.69 Å². The molecule has 2 aromatic carbocycles. The van der Waals surface area contributed by atoms with E-state index < -0.39 is 24.5 Å². The van der Waals surface area contributed by atoms with Gasteiger partial charge < -0.3 is 16.3 Å². The Kier molecular flexibility index (Phi) is 4.21. The Morgan fingerprint density at radius 3 is 2.48 bits per heavy atom. The molecule has 0 bridgehead atoms. The molecule has 0 aliphatic heterocycles. The van der Waals surface area contributed by atoms with E-state index in [1.807, 2.05) is 30.3 Å². The van der Waals surface area contributed by atoms with Crippen LogP contribution in [0.3, 0.4) is 0 Å². The molecular formula is C14H14F3N3O. The van der Waals surface area contributed by atoms with Gasteiger partial charge in [0, 0.05) is 12.2 Å². The molecule has 0 saturated heterocycles. The molecule has 1 unspecified atom stereocenters. The van der Waals surface area contributed by atoms with Gasteiger partial charge in [0.25, 0.3) is 0 Å². The van der Waals surface area contributed by atoms with Gasteiger partial charge >= 0.3 is 6.18 Å². The van der Waals surface area contributed by atoms with Crippen molar-refractivity contribution in [3.05, 3.63) is 42.5 Å². The number of fused-ring (bicyclic) bond motifs is 1. The summed E-state index contributed by atoms with van der Waals surface area (Å²) in [5, 5.41) is 15.5. The summed E-state index contributed by atoms with van der Waals surface area (Å²) in [4.78, 5) is 0. The number of alkyl halides is 3. The van der Waals surface area contributed by atoms with Crippen LogP contribution in [0.4, 0.5) is 18.9 Å². The summed E-state index contributed by atoms with van der Waals surface area (Å²) in [5.74, 6) is -2.91. The van der Waals surface area contributed by atoms with Gasteiger partial charge in [-0.3, -0.25) is 0 Å². The van der Waals surface area contributed by atoms with Crippen molar-refractivity contribution < 1.29 is 18.4 Å². The fourth-order valence-corrected chi connectivity index (χ4v) is 1.98. The number of benzene rings is 2. The SMILES string of the molecule is N/C(=N/O)C(CNc1ccc2ccccc2c1)C(F)(F)F. The highest BCUT2D eigenvalue weighted by molar-refractivity contribution is 5.86. The van der Waals surface area contributed by atoms with Gasteiger partial charge in [-0.05, 0) is 22.9 Å². The molecule has 21 heavy (non-hydrogen) atoms. The smallest absolute Gasteiger partial charge is 0.400 e. The first-order chi connectivity index (χ1) is 9.91. The number of amidine groups is 1. The molecule has 0 spiro atoms. The zero-order valence-electron chi connectivity index (χ0n) is 10.9. The van der Waals surface area contributed by atoms with Crippen molar-refractivity contribution in [2.24, 2.45) is 16.8 Å². The van der Waals surface area contributed by atoms with Crippen molar-refractivity contribution >= 4 is 22.3 Å². The van der Waals surface area contributed by atoms with E-state index in [1.165, 1.54) is 0 Å². The second-order valence-corrected chi connectivity index (χ2v) is 4.56. The van der Waals surface area contributed by atoms with Crippen LogP contribution in [0.25, 0.3) is 10.8 Å². The summed E-state index contributed by atoms with van der Waals surface area (Å²) < 4.78 is 38.4. The largest absolute Gasteiger partial charge is 0.409 e. The molecule has 112 valence electrons. The lowest BCUT2D eigenvalue weighted by molar-refractivity contribution is -0.152. The molecule has 0 heterocycles. The minimum absolute atomic E-state index is 0.502. The zero-order chi connectivity index (χ0) is 15.5. The van der Waals surface area contributed by atoms with Gasteiger partial charge in [-0.2, -0.15) is 13.2 Å². The molecule has 2 rings (SSSR count). The molecule has 0 radical (unpaired) electrons. The van der Waals surface area contributed by atoms with Gasteiger partial charge in [-0.1, -0.05) is 35.5 Å². The van der Waals surface area contributed by atoms with E-state index in [2.05, 4.69) is 10.5 Å². The minimum Gasteiger partial charge on any atom is -0.409 e. The Hall–Kier alpha value is -2.44. The number of halogens is 3. The molecule has 0 aliphatic carbocycles. The monoisotopic (exact) mass is 297 g/mol.